The van der Waals surface area contributed by atoms with E-state index < -0.39 is 0 Å². The van der Waals surface area contributed by atoms with Gasteiger partial charge in [0.1, 0.15) is 11.4 Å². The van der Waals surface area contributed by atoms with E-state index in [4.69, 9.17) is 5.84 Å². The molecule has 0 radical (unpaired) electrons. The van der Waals surface area contributed by atoms with E-state index in [2.05, 4.69) is 20.3 Å². The van der Waals surface area contributed by atoms with E-state index in [0.29, 0.717) is 17.2 Å². The van der Waals surface area contributed by atoms with E-state index in [1.54, 1.807) is 6.20 Å². The van der Waals surface area contributed by atoms with Crippen LogP contribution in [0.4, 0.5) is 5.82 Å². The summed E-state index contributed by atoms with van der Waals surface area (Å²) in [5.41, 5.74) is 4.68. The second-order valence-corrected chi connectivity index (χ2v) is 5.47. The van der Waals surface area contributed by atoms with Crippen molar-refractivity contribution in [3.63, 3.8) is 0 Å². The number of nitrogen functional groups attached to an aromatic ring is 1. The number of nitrogens with zero attached hydrogens (tertiary/aromatic N) is 3. The number of amides is 1. The monoisotopic (exact) mass is 297 g/mol. The zero-order chi connectivity index (χ0) is 15.5. The molecule has 1 fully saturated rings. The van der Waals surface area contributed by atoms with Crippen molar-refractivity contribution in [3.8, 4) is 11.4 Å². The van der Waals surface area contributed by atoms with E-state index in [0.717, 1.165) is 37.1 Å². The van der Waals surface area contributed by atoms with E-state index in [-0.39, 0.29) is 5.91 Å². The number of carbonyl (C=O) groups excluding carboxylic acids is 1. The van der Waals surface area contributed by atoms with Crippen LogP contribution in [0.3, 0.4) is 0 Å². The van der Waals surface area contributed by atoms with Gasteiger partial charge in [-0.15, -0.1) is 0 Å². The highest BCUT2D eigenvalue weighted by Crippen LogP contribution is 2.25. The number of benzene rings is 1. The molecule has 0 unspecified atom stereocenters. The van der Waals surface area contributed by atoms with E-state index in [1.807, 2.05) is 31.2 Å². The zero-order valence-corrected chi connectivity index (χ0v) is 12.5. The number of aromatic nitrogens is 2. The summed E-state index contributed by atoms with van der Waals surface area (Å²) in [6.07, 6.45) is 3.77. The number of hydrazine groups is 1. The second-order valence-electron chi connectivity index (χ2n) is 5.47. The largest absolute Gasteiger partial charge is 0.356 e. The van der Waals surface area contributed by atoms with Crippen LogP contribution in [0.5, 0.6) is 0 Å². The average Bonchev–Trinajstić information content (AvgIpc) is 3.08. The summed E-state index contributed by atoms with van der Waals surface area (Å²) in [5.74, 6) is 6.19. The number of nitrogens with two attached hydrogens (primary N) is 1. The summed E-state index contributed by atoms with van der Waals surface area (Å²) in [7, 11) is 0. The van der Waals surface area contributed by atoms with Gasteiger partial charge in [0, 0.05) is 24.8 Å². The van der Waals surface area contributed by atoms with Gasteiger partial charge < -0.3 is 4.90 Å². The molecule has 0 saturated carbocycles. The Morgan fingerprint density at radius 2 is 2.09 bits per heavy atom. The molecule has 0 atom stereocenters. The Morgan fingerprint density at radius 3 is 2.77 bits per heavy atom. The lowest BCUT2D eigenvalue weighted by atomic mass is 10.1. The van der Waals surface area contributed by atoms with Gasteiger partial charge in [0.2, 0.25) is 0 Å². The van der Waals surface area contributed by atoms with E-state index >= 15 is 0 Å². The summed E-state index contributed by atoms with van der Waals surface area (Å²) in [4.78, 5) is 23.0. The molecule has 3 rings (SSSR count). The Kier molecular flexibility index (Phi) is 4.02. The first-order valence-electron chi connectivity index (χ1n) is 7.39. The van der Waals surface area contributed by atoms with Crippen LogP contribution in [0.25, 0.3) is 11.4 Å². The number of anilines is 1. The molecule has 3 N–H and O–H groups in total. The molecule has 2 aromatic rings. The molecule has 2 heterocycles. The van der Waals surface area contributed by atoms with Crippen LogP contribution in [0.1, 0.15) is 28.8 Å². The van der Waals surface area contributed by atoms with Crippen LogP contribution in [0, 0.1) is 6.92 Å². The Balaban J connectivity index is 2.06. The molecule has 6 heteroatoms. The van der Waals surface area contributed by atoms with E-state index in [1.165, 1.54) is 0 Å². The first-order valence-corrected chi connectivity index (χ1v) is 7.39. The van der Waals surface area contributed by atoms with Crippen LogP contribution < -0.4 is 16.2 Å². The van der Waals surface area contributed by atoms with Crippen LogP contribution in [0.2, 0.25) is 0 Å². The van der Waals surface area contributed by atoms with Gasteiger partial charge in [-0.1, -0.05) is 23.8 Å². The van der Waals surface area contributed by atoms with Gasteiger partial charge in [0.25, 0.3) is 5.91 Å². The molecule has 0 aliphatic carbocycles. The van der Waals surface area contributed by atoms with Gasteiger partial charge in [-0.3, -0.25) is 10.2 Å². The molecule has 1 aliphatic rings. The maximum atomic E-state index is 12.0. The summed E-state index contributed by atoms with van der Waals surface area (Å²) in [5, 5.41) is 0. The minimum absolute atomic E-state index is 0.363. The molecule has 1 saturated heterocycles. The van der Waals surface area contributed by atoms with Gasteiger partial charge in [-0.2, -0.15) is 0 Å². The Morgan fingerprint density at radius 1 is 1.32 bits per heavy atom. The predicted molar refractivity (Wildman–Crippen MR) is 85.3 cm³/mol. The Labute approximate surface area is 129 Å². The summed E-state index contributed by atoms with van der Waals surface area (Å²) in [6, 6.07) is 8.01. The van der Waals surface area contributed by atoms with Crippen LogP contribution in [-0.2, 0) is 0 Å². The van der Waals surface area contributed by atoms with Crippen molar-refractivity contribution in [2.75, 3.05) is 18.0 Å². The quantitative estimate of drug-likeness (QED) is 0.511. The van der Waals surface area contributed by atoms with Gasteiger partial charge >= 0.3 is 0 Å². The molecule has 1 aromatic carbocycles. The first-order chi connectivity index (χ1) is 10.7. The van der Waals surface area contributed by atoms with Crippen LogP contribution in [-0.4, -0.2) is 29.0 Å². The lowest BCUT2D eigenvalue weighted by molar-refractivity contribution is 0.0953. The molecule has 1 amide bonds. The topological polar surface area (TPSA) is 84.1 Å². The molecule has 22 heavy (non-hydrogen) atoms. The third kappa shape index (κ3) is 2.78. The minimum Gasteiger partial charge on any atom is -0.356 e. The summed E-state index contributed by atoms with van der Waals surface area (Å²) < 4.78 is 0. The van der Waals surface area contributed by atoms with Crippen LogP contribution in [0.15, 0.2) is 30.5 Å². The number of hydrogen-bond donors (Lipinski definition) is 2. The average molecular weight is 297 g/mol. The molecule has 0 bridgehead atoms. The fourth-order valence-corrected chi connectivity index (χ4v) is 2.70. The standard InChI is InChI=1S/C16H19N5O/c1-11-5-4-6-12(9-11)14-18-10-13(16(22)20-17)15(19-14)21-7-2-3-8-21/h4-6,9-10H,2-3,7-8,17H2,1H3,(H,20,22). The summed E-state index contributed by atoms with van der Waals surface area (Å²) >= 11 is 0. The van der Waals surface area contributed by atoms with Crippen molar-refractivity contribution in [2.24, 2.45) is 5.84 Å². The van der Waals surface area contributed by atoms with Crippen molar-refractivity contribution in [3.05, 3.63) is 41.6 Å². The number of hydrogen-bond acceptors (Lipinski definition) is 5. The molecular formula is C16H19N5O. The first kappa shape index (κ1) is 14.5. The zero-order valence-electron chi connectivity index (χ0n) is 12.5. The van der Waals surface area contributed by atoms with E-state index in [9.17, 15) is 4.79 Å². The SMILES string of the molecule is Cc1cccc(-c2ncc(C(=O)NN)c(N3CCCC3)n2)c1. The Bertz CT molecular complexity index is 695. The maximum absolute atomic E-state index is 12.0. The third-order valence-corrected chi connectivity index (χ3v) is 3.83. The maximum Gasteiger partial charge on any atom is 0.270 e. The summed E-state index contributed by atoms with van der Waals surface area (Å²) in [6.45, 7) is 3.82. The molecule has 114 valence electrons. The fourth-order valence-electron chi connectivity index (χ4n) is 2.70. The molecule has 0 spiro atoms. The normalized spacial score (nSPS) is 14.2. The van der Waals surface area contributed by atoms with Crippen molar-refractivity contribution >= 4 is 11.7 Å². The van der Waals surface area contributed by atoms with Crippen molar-refractivity contribution < 1.29 is 4.79 Å². The highest BCUT2D eigenvalue weighted by molar-refractivity contribution is 5.98. The van der Waals surface area contributed by atoms with Crippen LogP contribution >= 0.6 is 0 Å². The number of rotatable bonds is 3. The van der Waals surface area contributed by atoms with Gasteiger partial charge in [0.05, 0.1) is 0 Å². The second kappa shape index (κ2) is 6.11. The predicted octanol–water partition coefficient (Wildman–Crippen LogP) is 1.66. The lowest BCUT2D eigenvalue weighted by Gasteiger charge is -2.19. The minimum atomic E-state index is -0.363. The van der Waals surface area contributed by atoms with Gasteiger partial charge in [0.15, 0.2) is 5.82 Å². The van der Waals surface area contributed by atoms with Gasteiger partial charge in [-0.05, 0) is 25.8 Å². The highest BCUT2D eigenvalue weighted by Gasteiger charge is 2.22. The van der Waals surface area contributed by atoms with Crippen molar-refractivity contribution in [1.29, 1.82) is 0 Å². The number of aryl methyl sites for hydroxylation is 1. The fraction of sp³-hybridized carbons (Fsp3) is 0.312. The number of nitrogens with one attached hydrogen (secondary N) is 1. The molecule has 1 aliphatic heterocycles. The Hall–Kier alpha value is -2.47. The van der Waals surface area contributed by atoms with Crippen molar-refractivity contribution in [2.45, 2.75) is 19.8 Å². The highest BCUT2D eigenvalue weighted by atomic mass is 16.2. The smallest absolute Gasteiger partial charge is 0.270 e. The molecular weight excluding hydrogens is 278 g/mol. The van der Waals surface area contributed by atoms with Gasteiger partial charge in [-0.25, -0.2) is 15.8 Å². The molecule has 1 aromatic heterocycles. The third-order valence-electron chi connectivity index (χ3n) is 3.83. The number of carbonyl (C=O) groups is 1. The lowest BCUT2D eigenvalue weighted by Crippen LogP contribution is -2.33. The van der Waals surface area contributed by atoms with Crippen molar-refractivity contribution in [1.82, 2.24) is 15.4 Å². The molecule has 6 nitrogen and oxygen atoms in total.